The minimum absolute atomic E-state index is 0.288. The Bertz CT molecular complexity index is 819. The van der Waals surface area contributed by atoms with Crippen molar-refractivity contribution in [1.82, 2.24) is 19.9 Å². The summed E-state index contributed by atoms with van der Waals surface area (Å²) >= 11 is 0. The van der Waals surface area contributed by atoms with Crippen LogP contribution in [-0.4, -0.2) is 26.5 Å². The smallest absolute Gasteiger partial charge is 0.226 e. The number of anilines is 3. The minimum atomic E-state index is -0.288. The summed E-state index contributed by atoms with van der Waals surface area (Å²) < 4.78 is 13.1. The van der Waals surface area contributed by atoms with Crippen molar-refractivity contribution in [2.75, 3.05) is 17.2 Å². The quantitative estimate of drug-likeness (QED) is 0.718. The van der Waals surface area contributed by atoms with E-state index in [-0.39, 0.29) is 5.82 Å². The van der Waals surface area contributed by atoms with E-state index < -0.39 is 0 Å². The number of nitrogens with zero attached hydrogens (tertiary/aromatic N) is 4. The van der Waals surface area contributed by atoms with Crippen molar-refractivity contribution in [1.29, 1.82) is 0 Å². The Morgan fingerprint density at radius 1 is 1.04 bits per heavy atom. The minimum Gasteiger partial charge on any atom is -0.354 e. The van der Waals surface area contributed by atoms with Gasteiger partial charge in [-0.2, -0.15) is 9.97 Å². The van der Waals surface area contributed by atoms with Gasteiger partial charge in [-0.05, 0) is 36.6 Å². The molecule has 24 heavy (non-hydrogen) atoms. The van der Waals surface area contributed by atoms with E-state index in [1.165, 1.54) is 12.1 Å². The van der Waals surface area contributed by atoms with Crippen molar-refractivity contribution in [2.45, 2.75) is 20.3 Å². The van der Waals surface area contributed by atoms with E-state index in [0.717, 1.165) is 18.7 Å². The molecule has 124 valence electrons. The lowest BCUT2D eigenvalue weighted by Crippen LogP contribution is -2.10. The summed E-state index contributed by atoms with van der Waals surface area (Å²) in [6.45, 7) is 5.10. The molecule has 6 nitrogen and oxygen atoms in total. The highest BCUT2D eigenvalue weighted by atomic mass is 19.1. The van der Waals surface area contributed by atoms with E-state index in [1.54, 1.807) is 24.5 Å². The van der Waals surface area contributed by atoms with Gasteiger partial charge in [-0.25, -0.2) is 14.4 Å². The molecule has 2 aromatic heterocycles. The van der Waals surface area contributed by atoms with Crippen molar-refractivity contribution >= 4 is 28.6 Å². The number of fused-ring (bicyclic) bond motifs is 1. The Morgan fingerprint density at radius 2 is 1.79 bits per heavy atom. The molecule has 0 saturated carbocycles. The van der Waals surface area contributed by atoms with Gasteiger partial charge in [-0.1, -0.05) is 13.8 Å². The molecule has 0 saturated heterocycles. The van der Waals surface area contributed by atoms with Gasteiger partial charge in [0.25, 0.3) is 0 Å². The molecule has 0 fully saturated rings. The van der Waals surface area contributed by atoms with E-state index in [9.17, 15) is 4.39 Å². The van der Waals surface area contributed by atoms with Gasteiger partial charge in [0, 0.05) is 24.6 Å². The molecule has 2 N–H and O–H groups in total. The van der Waals surface area contributed by atoms with Crippen molar-refractivity contribution in [3.63, 3.8) is 0 Å². The van der Waals surface area contributed by atoms with Gasteiger partial charge in [0.2, 0.25) is 5.95 Å². The number of rotatable bonds is 6. The lowest BCUT2D eigenvalue weighted by Gasteiger charge is -2.11. The fraction of sp³-hybridized carbons (Fsp3) is 0.294. The molecule has 0 bridgehead atoms. The monoisotopic (exact) mass is 326 g/mol. The van der Waals surface area contributed by atoms with Crippen LogP contribution in [0.25, 0.3) is 11.2 Å². The predicted molar refractivity (Wildman–Crippen MR) is 92.8 cm³/mol. The third-order valence-electron chi connectivity index (χ3n) is 3.44. The van der Waals surface area contributed by atoms with E-state index in [1.807, 2.05) is 0 Å². The van der Waals surface area contributed by atoms with Crippen LogP contribution in [0.5, 0.6) is 0 Å². The van der Waals surface area contributed by atoms with Gasteiger partial charge >= 0.3 is 0 Å². The molecule has 0 atom stereocenters. The van der Waals surface area contributed by atoms with Crippen LogP contribution in [0.2, 0.25) is 0 Å². The van der Waals surface area contributed by atoms with Gasteiger partial charge in [-0.3, -0.25) is 0 Å². The first-order valence-corrected chi connectivity index (χ1v) is 7.87. The molecule has 0 aliphatic heterocycles. The first-order chi connectivity index (χ1) is 11.6. The Balaban J connectivity index is 1.90. The SMILES string of the molecule is CC(C)CCNc1nc(Nc2ccc(F)cc2)c2nccnc2n1. The summed E-state index contributed by atoms with van der Waals surface area (Å²) in [5, 5.41) is 6.37. The Hall–Kier alpha value is -2.83. The highest BCUT2D eigenvalue weighted by molar-refractivity contribution is 5.85. The summed E-state index contributed by atoms with van der Waals surface area (Å²) in [5.41, 5.74) is 1.79. The van der Waals surface area contributed by atoms with Crippen LogP contribution in [0, 0.1) is 11.7 Å². The second kappa shape index (κ2) is 7.16. The number of hydrogen-bond donors (Lipinski definition) is 2. The van der Waals surface area contributed by atoms with E-state index >= 15 is 0 Å². The molecule has 0 aliphatic rings. The number of nitrogens with one attached hydrogen (secondary N) is 2. The standard InChI is InChI=1S/C17H19FN6/c1-11(2)7-8-21-17-23-15-14(19-9-10-20-15)16(24-17)22-13-5-3-12(18)4-6-13/h3-6,9-11H,7-8H2,1-2H3,(H2,20,21,22,23,24). The Kier molecular flexibility index (Phi) is 4.79. The highest BCUT2D eigenvalue weighted by Crippen LogP contribution is 2.22. The Morgan fingerprint density at radius 3 is 2.54 bits per heavy atom. The van der Waals surface area contributed by atoms with Crippen molar-refractivity contribution in [2.24, 2.45) is 5.92 Å². The maximum Gasteiger partial charge on any atom is 0.226 e. The second-order valence-corrected chi connectivity index (χ2v) is 5.87. The topological polar surface area (TPSA) is 75.6 Å². The summed E-state index contributed by atoms with van der Waals surface area (Å²) in [5.74, 6) is 1.33. The highest BCUT2D eigenvalue weighted by Gasteiger charge is 2.10. The van der Waals surface area contributed by atoms with E-state index in [4.69, 9.17) is 0 Å². The fourth-order valence-corrected chi connectivity index (χ4v) is 2.17. The first-order valence-electron chi connectivity index (χ1n) is 7.87. The van der Waals surface area contributed by atoms with Crippen molar-refractivity contribution in [3.05, 3.63) is 42.5 Å². The number of hydrogen-bond acceptors (Lipinski definition) is 6. The van der Waals surface area contributed by atoms with Crippen molar-refractivity contribution < 1.29 is 4.39 Å². The number of aromatic nitrogens is 4. The molecule has 0 aliphatic carbocycles. The first kappa shape index (κ1) is 16.0. The predicted octanol–water partition coefficient (Wildman–Crippen LogP) is 3.76. The van der Waals surface area contributed by atoms with Crippen LogP contribution in [0.1, 0.15) is 20.3 Å². The zero-order valence-corrected chi connectivity index (χ0v) is 13.6. The molecular formula is C17H19FN6. The largest absolute Gasteiger partial charge is 0.354 e. The summed E-state index contributed by atoms with van der Waals surface area (Å²) in [4.78, 5) is 17.4. The van der Waals surface area contributed by atoms with Gasteiger partial charge in [0.15, 0.2) is 17.0 Å². The van der Waals surface area contributed by atoms with Gasteiger partial charge in [0.05, 0.1) is 0 Å². The van der Waals surface area contributed by atoms with Crippen LogP contribution >= 0.6 is 0 Å². The van der Waals surface area contributed by atoms with Gasteiger partial charge < -0.3 is 10.6 Å². The maximum absolute atomic E-state index is 13.1. The average Bonchev–Trinajstić information content (AvgIpc) is 2.57. The third kappa shape index (κ3) is 3.92. The zero-order valence-electron chi connectivity index (χ0n) is 13.6. The molecule has 0 radical (unpaired) electrons. The van der Waals surface area contributed by atoms with Crippen molar-refractivity contribution in [3.8, 4) is 0 Å². The molecule has 0 amide bonds. The summed E-state index contributed by atoms with van der Waals surface area (Å²) in [6.07, 6.45) is 4.20. The number of benzene rings is 1. The van der Waals surface area contributed by atoms with Crippen LogP contribution in [0.4, 0.5) is 21.8 Å². The molecule has 3 rings (SSSR count). The van der Waals surface area contributed by atoms with E-state index in [0.29, 0.717) is 28.8 Å². The molecule has 7 heteroatoms. The third-order valence-corrected chi connectivity index (χ3v) is 3.44. The summed E-state index contributed by atoms with van der Waals surface area (Å²) in [7, 11) is 0. The van der Waals surface area contributed by atoms with Crippen LogP contribution in [-0.2, 0) is 0 Å². The van der Waals surface area contributed by atoms with Crippen LogP contribution < -0.4 is 10.6 Å². The second-order valence-electron chi connectivity index (χ2n) is 5.87. The van der Waals surface area contributed by atoms with Gasteiger partial charge in [-0.15, -0.1) is 0 Å². The molecule has 3 aromatic rings. The molecule has 1 aromatic carbocycles. The fourth-order valence-electron chi connectivity index (χ4n) is 2.17. The summed E-state index contributed by atoms with van der Waals surface area (Å²) in [6, 6.07) is 6.06. The molecule has 2 heterocycles. The lowest BCUT2D eigenvalue weighted by molar-refractivity contribution is 0.606. The van der Waals surface area contributed by atoms with Gasteiger partial charge in [0.1, 0.15) is 5.82 Å². The van der Waals surface area contributed by atoms with Crippen LogP contribution in [0.3, 0.4) is 0 Å². The normalized spacial score (nSPS) is 11.0. The molecular weight excluding hydrogens is 307 g/mol. The van der Waals surface area contributed by atoms with Crippen LogP contribution in [0.15, 0.2) is 36.7 Å². The number of halogens is 1. The molecule has 0 unspecified atom stereocenters. The lowest BCUT2D eigenvalue weighted by atomic mass is 10.1. The Labute approximate surface area is 139 Å². The average molecular weight is 326 g/mol. The van der Waals surface area contributed by atoms with E-state index in [2.05, 4.69) is 44.4 Å². The zero-order chi connectivity index (χ0) is 16.9. The maximum atomic E-state index is 13.1. The molecule has 0 spiro atoms.